The van der Waals surface area contributed by atoms with Gasteiger partial charge in [-0.15, -0.1) is 0 Å². The Balaban J connectivity index is 2.21. The molecule has 1 N–H and O–H groups in total. The molecule has 0 amide bonds. The van der Waals surface area contributed by atoms with E-state index in [0.717, 1.165) is 0 Å². The van der Waals surface area contributed by atoms with Gasteiger partial charge in [-0.05, 0) is 38.3 Å². The number of aliphatic hydroxyl groups is 1. The molecule has 1 aromatic heterocycles. The molecule has 1 fully saturated rings. The molecule has 18 heavy (non-hydrogen) atoms. The molecule has 0 spiro atoms. The third kappa shape index (κ3) is 2.88. The highest BCUT2D eigenvalue weighted by molar-refractivity contribution is 7.89. The molecule has 1 aliphatic heterocycles. The standard InChI is InChI=1S/C12H18N2O3S/c1-12(15)5-3-8-14(9-6-12)18(16,17)11-4-2-7-13-10-11/h2,4,7,10,15H,3,5-6,8-9H2,1H3. The minimum Gasteiger partial charge on any atom is -0.390 e. The van der Waals surface area contributed by atoms with Gasteiger partial charge in [-0.25, -0.2) is 8.42 Å². The van der Waals surface area contributed by atoms with E-state index in [1.54, 1.807) is 25.3 Å². The predicted octanol–water partition coefficient (Wildman–Crippen LogP) is 1.01. The van der Waals surface area contributed by atoms with Gasteiger partial charge in [0.15, 0.2) is 0 Å². The van der Waals surface area contributed by atoms with Crippen LogP contribution in [0.4, 0.5) is 0 Å². The summed E-state index contributed by atoms with van der Waals surface area (Å²) in [6.07, 6.45) is 4.68. The summed E-state index contributed by atoms with van der Waals surface area (Å²) >= 11 is 0. The van der Waals surface area contributed by atoms with E-state index >= 15 is 0 Å². The van der Waals surface area contributed by atoms with Crippen molar-refractivity contribution in [3.63, 3.8) is 0 Å². The lowest BCUT2D eigenvalue weighted by Crippen LogP contribution is -2.33. The van der Waals surface area contributed by atoms with Crippen molar-refractivity contribution in [2.45, 2.75) is 36.7 Å². The molecule has 0 bridgehead atoms. The third-order valence-corrected chi connectivity index (χ3v) is 5.18. The minimum absolute atomic E-state index is 0.214. The molecule has 2 heterocycles. The van der Waals surface area contributed by atoms with Gasteiger partial charge >= 0.3 is 0 Å². The van der Waals surface area contributed by atoms with E-state index in [4.69, 9.17) is 0 Å². The summed E-state index contributed by atoms with van der Waals surface area (Å²) in [5.41, 5.74) is -0.765. The zero-order chi connectivity index (χ0) is 13.2. The van der Waals surface area contributed by atoms with E-state index < -0.39 is 15.6 Å². The Morgan fingerprint density at radius 2 is 2.17 bits per heavy atom. The van der Waals surface area contributed by atoms with Crippen LogP contribution >= 0.6 is 0 Å². The predicted molar refractivity (Wildman–Crippen MR) is 67.5 cm³/mol. The first-order valence-electron chi connectivity index (χ1n) is 6.04. The van der Waals surface area contributed by atoms with Crippen LogP contribution in [0.5, 0.6) is 0 Å². The van der Waals surface area contributed by atoms with Gasteiger partial charge in [0.25, 0.3) is 0 Å². The van der Waals surface area contributed by atoms with Crippen molar-refractivity contribution in [2.24, 2.45) is 0 Å². The molecule has 100 valence electrons. The Hall–Kier alpha value is -0.980. The van der Waals surface area contributed by atoms with Gasteiger partial charge in [-0.3, -0.25) is 4.98 Å². The fourth-order valence-corrected chi connectivity index (χ4v) is 3.57. The fourth-order valence-electron chi connectivity index (χ4n) is 2.13. The van der Waals surface area contributed by atoms with Crippen molar-refractivity contribution in [1.82, 2.24) is 9.29 Å². The average Bonchev–Trinajstić information content (AvgIpc) is 2.52. The van der Waals surface area contributed by atoms with Gasteiger partial charge in [0, 0.05) is 25.5 Å². The summed E-state index contributed by atoms with van der Waals surface area (Å²) in [4.78, 5) is 4.06. The Labute approximate surface area is 108 Å². The number of pyridine rings is 1. The second kappa shape index (κ2) is 4.95. The Morgan fingerprint density at radius 3 is 2.83 bits per heavy atom. The molecule has 6 heteroatoms. The Kier molecular flexibility index (Phi) is 3.70. The average molecular weight is 270 g/mol. The topological polar surface area (TPSA) is 70.5 Å². The van der Waals surface area contributed by atoms with Crippen molar-refractivity contribution in [3.8, 4) is 0 Å². The fraction of sp³-hybridized carbons (Fsp3) is 0.583. The highest BCUT2D eigenvalue weighted by Crippen LogP contribution is 2.25. The van der Waals surface area contributed by atoms with Gasteiger partial charge in [0.1, 0.15) is 4.90 Å². The lowest BCUT2D eigenvalue weighted by molar-refractivity contribution is 0.0465. The number of nitrogens with zero attached hydrogens (tertiary/aromatic N) is 2. The van der Waals surface area contributed by atoms with Crippen molar-refractivity contribution < 1.29 is 13.5 Å². The van der Waals surface area contributed by atoms with Gasteiger partial charge in [0.05, 0.1) is 5.60 Å². The van der Waals surface area contributed by atoms with Gasteiger partial charge in [-0.2, -0.15) is 4.31 Å². The van der Waals surface area contributed by atoms with Crippen molar-refractivity contribution in [1.29, 1.82) is 0 Å². The minimum atomic E-state index is -3.48. The maximum absolute atomic E-state index is 12.4. The van der Waals surface area contributed by atoms with E-state index in [2.05, 4.69) is 4.98 Å². The lowest BCUT2D eigenvalue weighted by atomic mass is 9.98. The lowest BCUT2D eigenvalue weighted by Gasteiger charge is -2.22. The zero-order valence-electron chi connectivity index (χ0n) is 10.4. The Bertz CT molecular complexity index is 499. The molecule has 5 nitrogen and oxygen atoms in total. The molecule has 0 aromatic carbocycles. The molecular formula is C12H18N2O3S. The molecule has 1 saturated heterocycles. The number of aromatic nitrogens is 1. The molecule has 0 saturated carbocycles. The highest BCUT2D eigenvalue weighted by atomic mass is 32.2. The van der Waals surface area contributed by atoms with Crippen LogP contribution in [0.15, 0.2) is 29.4 Å². The molecule has 0 aliphatic carbocycles. The zero-order valence-corrected chi connectivity index (χ0v) is 11.2. The van der Waals surface area contributed by atoms with E-state index in [1.807, 2.05) is 0 Å². The van der Waals surface area contributed by atoms with E-state index in [0.29, 0.717) is 32.4 Å². The van der Waals surface area contributed by atoms with Crippen LogP contribution in [0.25, 0.3) is 0 Å². The molecule has 1 unspecified atom stereocenters. The molecule has 1 aromatic rings. The molecule has 1 atom stereocenters. The van der Waals surface area contributed by atoms with Crippen LogP contribution in [0.2, 0.25) is 0 Å². The van der Waals surface area contributed by atoms with Crippen LogP contribution in [0.3, 0.4) is 0 Å². The highest BCUT2D eigenvalue weighted by Gasteiger charge is 2.31. The van der Waals surface area contributed by atoms with Crippen molar-refractivity contribution >= 4 is 10.0 Å². The summed E-state index contributed by atoms with van der Waals surface area (Å²) in [7, 11) is -3.48. The van der Waals surface area contributed by atoms with E-state index in [1.165, 1.54) is 10.5 Å². The number of sulfonamides is 1. The van der Waals surface area contributed by atoms with Crippen LogP contribution in [0, 0.1) is 0 Å². The summed E-state index contributed by atoms with van der Waals surface area (Å²) in [5.74, 6) is 0. The summed E-state index contributed by atoms with van der Waals surface area (Å²) in [6.45, 7) is 2.56. The second-order valence-electron chi connectivity index (χ2n) is 4.94. The van der Waals surface area contributed by atoms with Crippen LogP contribution < -0.4 is 0 Å². The molecule has 2 rings (SSSR count). The molecular weight excluding hydrogens is 252 g/mol. The number of hydrogen-bond donors (Lipinski definition) is 1. The van der Waals surface area contributed by atoms with Crippen LogP contribution in [-0.2, 0) is 10.0 Å². The van der Waals surface area contributed by atoms with Gasteiger partial charge in [0.2, 0.25) is 10.0 Å². The van der Waals surface area contributed by atoms with Crippen molar-refractivity contribution in [2.75, 3.05) is 13.1 Å². The number of hydrogen-bond acceptors (Lipinski definition) is 4. The maximum atomic E-state index is 12.4. The van der Waals surface area contributed by atoms with Crippen LogP contribution in [-0.4, -0.2) is 41.5 Å². The Morgan fingerprint density at radius 1 is 1.39 bits per heavy atom. The normalized spacial score (nSPS) is 26.8. The van der Waals surface area contributed by atoms with Gasteiger partial charge < -0.3 is 5.11 Å². The molecule has 1 aliphatic rings. The monoisotopic (exact) mass is 270 g/mol. The first-order valence-corrected chi connectivity index (χ1v) is 7.48. The van der Waals surface area contributed by atoms with Crippen molar-refractivity contribution in [3.05, 3.63) is 24.5 Å². The quantitative estimate of drug-likeness (QED) is 0.870. The first kappa shape index (κ1) is 13.5. The third-order valence-electron chi connectivity index (χ3n) is 3.29. The summed E-state index contributed by atoms with van der Waals surface area (Å²) in [6, 6.07) is 3.16. The summed E-state index contributed by atoms with van der Waals surface area (Å²) in [5, 5.41) is 9.97. The number of rotatable bonds is 2. The SMILES string of the molecule is CC1(O)CCCN(S(=O)(=O)c2cccnc2)CC1. The second-order valence-corrected chi connectivity index (χ2v) is 6.88. The largest absolute Gasteiger partial charge is 0.390 e. The summed E-state index contributed by atoms with van der Waals surface area (Å²) < 4.78 is 26.1. The smallest absolute Gasteiger partial charge is 0.244 e. The molecule has 0 radical (unpaired) electrons. The van der Waals surface area contributed by atoms with Crippen LogP contribution in [0.1, 0.15) is 26.2 Å². The van der Waals surface area contributed by atoms with E-state index in [-0.39, 0.29) is 4.90 Å². The first-order chi connectivity index (χ1) is 8.42. The maximum Gasteiger partial charge on any atom is 0.244 e. The van der Waals surface area contributed by atoms with E-state index in [9.17, 15) is 13.5 Å². The van der Waals surface area contributed by atoms with Gasteiger partial charge in [-0.1, -0.05) is 0 Å².